The Bertz CT molecular complexity index is 520. The zero-order valence-corrected chi connectivity index (χ0v) is 11.8. The third kappa shape index (κ3) is 4.25. The van der Waals surface area contributed by atoms with Gasteiger partial charge in [-0.05, 0) is 43.3 Å². The summed E-state index contributed by atoms with van der Waals surface area (Å²) in [5.41, 5.74) is 0.860. The quantitative estimate of drug-likeness (QED) is 0.799. The number of rotatable bonds is 6. The normalized spacial score (nSPS) is 10.9. The molecule has 2 rings (SSSR count). The van der Waals surface area contributed by atoms with Crippen LogP contribution in [0.4, 0.5) is 0 Å². The van der Waals surface area contributed by atoms with Gasteiger partial charge >= 0.3 is 0 Å². The van der Waals surface area contributed by atoms with Crippen molar-refractivity contribution in [2.24, 2.45) is 0 Å². The average molecular weight is 300 g/mol. The van der Waals surface area contributed by atoms with E-state index >= 15 is 0 Å². The van der Waals surface area contributed by atoms with Gasteiger partial charge in [0, 0.05) is 22.2 Å². The third-order valence-corrected chi connectivity index (χ3v) is 3.06. The molecule has 0 amide bonds. The largest absolute Gasteiger partial charge is 0.460 e. The van der Waals surface area contributed by atoms with Gasteiger partial charge in [0.25, 0.3) is 0 Å². The lowest BCUT2D eigenvalue weighted by Gasteiger charge is -2.01. The van der Waals surface area contributed by atoms with Gasteiger partial charge in [0.15, 0.2) is 0 Å². The maximum atomic E-state index is 8.68. The van der Waals surface area contributed by atoms with E-state index in [9.17, 15) is 0 Å². The van der Waals surface area contributed by atoms with Crippen molar-refractivity contribution >= 4 is 23.2 Å². The molecule has 0 saturated heterocycles. The van der Waals surface area contributed by atoms with Crippen LogP contribution >= 0.6 is 23.2 Å². The van der Waals surface area contributed by atoms with Gasteiger partial charge in [-0.2, -0.15) is 0 Å². The number of aliphatic hydroxyl groups excluding tert-OH is 1. The topological polar surface area (TPSA) is 45.4 Å². The molecule has 0 fully saturated rings. The van der Waals surface area contributed by atoms with E-state index in [0.29, 0.717) is 16.6 Å². The Balaban J connectivity index is 2.03. The minimum absolute atomic E-state index is 0.192. The second-order valence-corrected chi connectivity index (χ2v) is 5.05. The van der Waals surface area contributed by atoms with Crippen LogP contribution in [0.15, 0.2) is 34.7 Å². The summed E-state index contributed by atoms with van der Waals surface area (Å²) in [5.74, 6) is 1.58. The molecule has 0 atom stereocenters. The molecule has 1 aromatic heterocycles. The lowest BCUT2D eigenvalue weighted by atomic mass is 10.2. The lowest BCUT2D eigenvalue weighted by molar-refractivity contribution is 0.285. The third-order valence-electron chi connectivity index (χ3n) is 2.62. The number of nitrogens with one attached hydrogen (secondary N) is 1. The Morgan fingerprint density at radius 3 is 2.53 bits per heavy atom. The Labute approximate surface area is 122 Å². The van der Waals surface area contributed by atoms with Gasteiger partial charge in [-0.1, -0.05) is 23.2 Å². The van der Waals surface area contributed by atoms with E-state index in [0.717, 1.165) is 30.0 Å². The van der Waals surface area contributed by atoms with E-state index in [2.05, 4.69) is 5.32 Å². The SMILES string of the molecule is OCCCNCc1ccc(-c2cc(Cl)cc(Cl)c2)o1. The molecule has 102 valence electrons. The van der Waals surface area contributed by atoms with Gasteiger partial charge in [-0.15, -0.1) is 0 Å². The second-order valence-electron chi connectivity index (χ2n) is 4.18. The van der Waals surface area contributed by atoms with Gasteiger partial charge in [0.05, 0.1) is 6.54 Å². The Morgan fingerprint density at radius 1 is 1.11 bits per heavy atom. The van der Waals surface area contributed by atoms with E-state index in [1.807, 2.05) is 24.3 Å². The summed E-state index contributed by atoms with van der Waals surface area (Å²) in [6, 6.07) is 9.12. The standard InChI is InChI=1S/C14H15Cl2NO2/c15-11-6-10(7-12(16)8-11)14-3-2-13(19-14)9-17-4-1-5-18/h2-3,6-8,17-18H,1,4-5,9H2. The maximum absolute atomic E-state index is 8.68. The van der Waals surface area contributed by atoms with Crippen LogP contribution in [-0.4, -0.2) is 18.3 Å². The zero-order chi connectivity index (χ0) is 13.7. The second kappa shape index (κ2) is 6.96. The number of hydrogen-bond acceptors (Lipinski definition) is 3. The highest BCUT2D eigenvalue weighted by Gasteiger charge is 2.06. The first-order valence-electron chi connectivity index (χ1n) is 6.06. The monoisotopic (exact) mass is 299 g/mol. The fraction of sp³-hybridized carbons (Fsp3) is 0.286. The maximum Gasteiger partial charge on any atom is 0.134 e. The Kier molecular flexibility index (Phi) is 5.28. The zero-order valence-electron chi connectivity index (χ0n) is 10.3. The van der Waals surface area contributed by atoms with Crippen molar-refractivity contribution in [1.82, 2.24) is 5.32 Å². The van der Waals surface area contributed by atoms with E-state index in [1.54, 1.807) is 6.07 Å². The van der Waals surface area contributed by atoms with Crippen molar-refractivity contribution in [2.75, 3.05) is 13.2 Å². The molecule has 0 unspecified atom stereocenters. The van der Waals surface area contributed by atoms with Crippen LogP contribution in [0.1, 0.15) is 12.2 Å². The number of furan rings is 1. The molecule has 0 aliphatic heterocycles. The summed E-state index contributed by atoms with van der Waals surface area (Å²) in [6.45, 7) is 1.58. The molecule has 0 spiro atoms. The Morgan fingerprint density at radius 2 is 1.84 bits per heavy atom. The predicted molar refractivity (Wildman–Crippen MR) is 77.6 cm³/mol. The minimum Gasteiger partial charge on any atom is -0.460 e. The summed E-state index contributed by atoms with van der Waals surface area (Å²) in [6.07, 6.45) is 0.734. The molecule has 19 heavy (non-hydrogen) atoms. The molecule has 0 saturated carbocycles. The molecular formula is C14H15Cl2NO2. The summed E-state index contributed by atoms with van der Waals surface area (Å²) in [4.78, 5) is 0. The van der Waals surface area contributed by atoms with Crippen LogP contribution in [0.2, 0.25) is 10.0 Å². The van der Waals surface area contributed by atoms with Crippen molar-refractivity contribution in [3.63, 3.8) is 0 Å². The number of hydrogen-bond donors (Lipinski definition) is 2. The molecule has 0 bridgehead atoms. The number of aliphatic hydroxyl groups is 1. The first-order valence-corrected chi connectivity index (χ1v) is 6.81. The fourth-order valence-electron chi connectivity index (χ4n) is 1.74. The molecule has 0 aliphatic carbocycles. The summed E-state index contributed by atoms with van der Waals surface area (Å²) < 4.78 is 5.72. The molecule has 1 heterocycles. The van der Waals surface area contributed by atoms with Gasteiger partial charge in [-0.3, -0.25) is 0 Å². The molecule has 2 N–H and O–H groups in total. The summed E-state index contributed by atoms with van der Waals surface area (Å²) >= 11 is 11.9. The van der Waals surface area contributed by atoms with Crippen molar-refractivity contribution in [1.29, 1.82) is 0 Å². The smallest absolute Gasteiger partial charge is 0.134 e. The molecule has 5 heteroatoms. The van der Waals surface area contributed by atoms with Crippen molar-refractivity contribution < 1.29 is 9.52 Å². The van der Waals surface area contributed by atoms with Crippen LogP contribution < -0.4 is 5.32 Å². The van der Waals surface area contributed by atoms with Crippen LogP contribution in [0.3, 0.4) is 0 Å². The molecule has 0 aliphatic rings. The summed E-state index contributed by atoms with van der Waals surface area (Å²) in [7, 11) is 0. The molecule has 0 radical (unpaired) electrons. The van der Waals surface area contributed by atoms with Crippen LogP contribution in [0.25, 0.3) is 11.3 Å². The highest BCUT2D eigenvalue weighted by molar-refractivity contribution is 6.35. The van der Waals surface area contributed by atoms with E-state index in [4.69, 9.17) is 32.7 Å². The van der Waals surface area contributed by atoms with Crippen molar-refractivity contribution in [2.45, 2.75) is 13.0 Å². The summed E-state index contributed by atoms with van der Waals surface area (Å²) in [5, 5.41) is 13.0. The highest BCUT2D eigenvalue weighted by Crippen LogP contribution is 2.28. The van der Waals surface area contributed by atoms with Crippen molar-refractivity contribution in [3.8, 4) is 11.3 Å². The predicted octanol–water partition coefficient (Wildman–Crippen LogP) is 3.73. The molecule has 2 aromatic rings. The number of benzene rings is 1. The number of halogens is 2. The average Bonchev–Trinajstić information content (AvgIpc) is 2.82. The van der Waals surface area contributed by atoms with Gasteiger partial charge in [0.1, 0.15) is 11.5 Å². The van der Waals surface area contributed by atoms with Crippen LogP contribution in [0, 0.1) is 0 Å². The van der Waals surface area contributed by atoms with Crippen LogP contribution in [-0.2, 0) is 6.54 Å². The molecule has 1 aromatic carbocycles. The fourth-order valence-corrected chi connectivity index (χ4v) is 2.27. The van der Waals surface area contributed by atoms with Crippen molar-refractivity contribution in [3.05, 3.63) is 46.1 Å². The minimum atomic E-state index is 0.192. The van der Waals surface area contributed by atoms with Gasteiger partial charge < -0.3 is 14.8 Å². The first kappa shape index (κ1) is 14.4. The molecular weight excluding hydrogens is 285 g/mol. The first-order chi connectivity index (χ1) is 9.19. The van der Waals surface area contributed by atoms with Gasteiger partial charge in [0.2, 0.25) is 0 Å². The van der Waals surface area contributed by atoms with E-state index in [1.165, 1.54) is 0 Å². The molecule has 3 nitrogen and oxygen atoms in total. The highest BCUT2D eigenvalue weighted by atomic mass is 35.5. The van der Waals surface area contributed by atoms with Crippen LogP contribution in [0.5, 0.6) is 0 Å². The van der Waals surface area contributed by atoms with Gasteiger partial charge in [-0.25, -0.2) is 0 Å². The lowest BCUT2D eigenvalue weighted by Crippen LogP contribution is -2.15. The Hall–Kier alpha value is -1.00. The van der Waals surface area contributed by atoms with E-state index < -0.39 is 0 Å². The van der Waals surface area contributed by atoms with E-state index in [-0.39, 0.29) is 6.61 Å².